The topological polar surface area (TPSA) is 105 Å². The van der Waals surface area contributed by atoms with Gasteiger partial charge in [-0.2, -0.15) is 0 Å². The van der Waals surface area contributed by atoms with Crippen molar-refractivity contribution < 1.29 is 23.1 Å². The van der Waals surface area contributed by atoms with Crippen molar-refractivity contribution in [2.75, 3.05) is 18.5 Å². The van der Waals surface area contributed by atoms with Crippen LogP contribution in [0.2, 0.25) is 5.02 Å². The smallest absolute Gasteiger partial charge is 0.319 e. The molecule has 1 heterocycles. The average molecular weight is 415 g/mol. The van der Waals surface area contributed by atoms with Crippen molar-refractivity contribution in [1.29, 1.82) is 0 Å². The lowest BCUT2D eigenvalue weighted by molar-refractivity contribution is 0.191. The van der Waals surface area contributed by atoms with E-state index in [0.717, 1.165) is 18.4 Å². The number of ether oxygens (including phenoxy) is 1. The molecule has 27 heavy (non-hydrogen) atoms. The molecule has 3 N–H and O–H groups in total. The summed E-state index contributed by atoms with van der Waals surface area (Å²) >= 11 is 6.10. The second-order valence-electron chi connectivity index (χ2n) is 7.21. The molecule has 1 aliphatic carbocycles. The third kappa shape index (κ3) is 3.66. The molecule has 1 fully saturated rings. The van der Waals surface area contributed by atoms with Crippen LogP contribution in [0.5, 0.6) is 5.75 Å². The number of nitrogens with one attached hydrogen (secondary N) is 2. The van der Waals surface area contributed by atoms with Gasteiger partial charge in [-0.1, -0.05) is 23.3 Å². The summed E-state index contributed by atoms with van der Waals surface area (Å²) in [7, 11) is -3.98. The number of urea groups is 1. The molecule has 2 amide bonds. The van der Waals surface area contributed by atoms with E-state index in [2.05, 4.69) is 16.7 Å². The number of halogens is 1. The van der Waals surface area contributed by atoms with Crippen molar-refractivity contribution in [2.45, 2.75) is 48.8 Å². The van der Waals surface area contributed by atoms with Gasteiger partial charge in [0.25, 0.3) is 0 Å². The van der Waals surface area contributed by atoms with Crippen LogP contribution in [0.4, 0.5) is 10.5 Å². The van der Waals surface area contributed by atoms with Crippen molar-refractivity contribution in [1.82, 2.24) is 5.32 Å². The van der Waals surface area contributed by atoms with Gasteiger partial charge in [0.05, 0.1) is 28.1 Å². The molecule has 0 aromatic heterocycles. The quantitative estimate of drug-likeness (QED) is 0.518. The van der Waals surface area contributed by atoms with Crippen LogP contribution < -0.4 is 10.6 Å². The lowest BCUT2D eigenvalue weighted by atomic mass is 10.1. The second kappa shape index (κ2) is 7.33. The van der Waals surface area contributed by atoms with E-state index in [9.17, 15) is 18.3 Å². The van der Waals surface area contributed by atoms with Gasteiger partial charge in [0.15, 0.2) is 15.6 Å². The molecule has 1 aromatic carbocycles. The fraction of sp³-hybridized carbons (Fsp3) is 0.500. The fourth-order valence-electron chi connectivity index (χ4n) is 3.36. The monoisotopic (exact) mass is 414 g/mol. The van der Waals surface area contributed by atoms with E-state index in [1.54, 1.807) is 6.92 Å². The normalized spacial score (nSPS) is 25.3. The number of phenolic OH excluding ortho intramolecular Hbond substituents is 1. The highest BCUT2D eigenvalue weighted by Crippen LogP contribution is 2.43. The number of carbonyl (C=O) groups is 1. The van der Waals surface area contributed by atoms with Gasteiger partial charge in [-0.05, 0) is 45.2 Å². The van der Waals surface area contributed by atoms with E-state index in [0.29, 0.717) is 13.0 Å². The van der Waals surface area contributed by atoms with Gasteiger partial charge >= 0.3 is 6.03 Å². The summed E-state index contributed by atoms with van der Waals surface area (Å²) in [4.78, 5) is 11.9. The van der Waals surface area contributed by atoms with Gasteiger partial charge in [-0.3, -0.25) is 0 Å². The van der Waals surface area contributed by atoms with Crippen LogP contribution in [-0.4, -0.2) is 43.6 Å². The summed E-state index contributed by atoms with van der Waals surface area (Å²) in [5.74, 6) is -0.565. The van der Waals surface area contributed by atoms with Gasteiger partial charge in [0, 0.05) is 6.61 Å². The molecule has 0 bridgehead atoms. The van der Waals surface area contributed by atoms with Crippen LogP contribution in [0.3, 0.4) is 0 Å². The molecule has 0 spiro atoms. The Morgan fingerprint density at radius 1 is 1.41 bits per heavy atom. The van der Waals surface area contributed by atoms with Gasteiger partial charge in [-0.15, -0.1) is 0 Å². The molecular weight excluding hydrogens is 392 g/mol. The minimum Gasteiger partial charge on any atom is -0.504 e. The maximum Gasteiger partial charge on any atom is 0.319 e. The highest BCUT2D eigenvalue weighted by molar-refractivity contribution is 7.93. The van der Waals surface area contributed by atoms with Crippen molar-refractivity contribution >= 4 is 33.2 Å². The molecule has 2 aliphatic rings. The van der Waals surface area contributed by atoms with Gasteiger partial charge in [0.2, 0.25) is 0 Å². The highest BCUT2D eigenvalue weighted by Gasteiger charge is 2.46. The number of rotatable bonds is 4. The molecule has 0 saturated carbocycles. The van der Waals surface area contributed by atoms with E-state index >= 15 is 0 Å². The zero-order valence-electron chi connectivity index (χ0n) is 15.2. The van der Waals surface area contributed by atoms with Gasteiger partial charge in [0.1, 0.15) is 4.90 Å². The minimum atomic E-state index is -3.98. The Bertz CT molecular complexity index is 891. The third-order valence-electron chi connectivity index (χ3n) is 5.21. The maximum atomic E-state index is 13.1. The fourth-order valence-corrected chi connectivity index (χ4v) is 5.59. The number of hydrogen-bond donors (Lipinski definition) is 3. The number of aromatic hydroxyl groups is 1. The second-order valence-corrected chi connectivity index (χ2v) is 10.0. The number of hydrogen-bond acceptors (Lipinski definition) is 5. The molecule has 3 rings (SSSR count). The number of benzene rings is 1. The molecule has 1 saturated heterocycles. The Morgan fingerprint density at radius 2 is 2.15 bits per heavy atom. The maximum absolute atomic E-state index is 13.1. The van der Waals surface area contributed by atoms with Crippen molar-refractivity contribution in [3.63, 3.8) is 0 Å². The summed E-state index contributed by atoms with van der Waals surface area (Å²) in [5.41, 5.74) is 1.06. The molecule has 0 unspecified atom stereocenters. The largest absolute Gasteiger partial charge is 0.504 e. The number of anilines is 1. The zero-order chi connectivity index (χ0) is 19.8. The van der Waals surface area contributed by atoms with Gasteiger partial charge in [-0.25, -0.2) is 13.2 Å². The van der Waals surface area contributed by atoms with Crippen molar-refractivity contribution in [2.24, 2.45) is 0 Å². The molecule has 1 aliphatic heterocycles. The Hall–Kier alpha value is -1.77. The predicted molar refractivity (Wildman–Crippen MR) is 103 cm³/mol. The first kappa shape index (κ1) is 20.0. The van der Waals surface area contributed by atoms with Gasteiger partial charge < -0.3 is 20.5 Å². The summed E-state index contributed by atoms with van der Waals surface area (Å²) in [6.45, 7) is 3.85. The molecular formula is C18H23ClN2O5S. The van der Waals surface area contributed by atoms with E-state index in [1.807, 2.05) is 6.92 Å². The van der Waals surface area contributed by atoms with Crippen LogP contribution in [0.15, 0.2) is 28.7 Å². The van der Waals surface area contributed by atoms with E-state index in [4.69, 9.17) is 16.3 Å². The lowest BCUT2D eigenvalue weighted by Crippen LogP contribution is -2.37. The SMILES string of the molecule is CC1=CCC[C@H]1NC(=O)Nc1ccc(Cl)c(S(=O)(=O)[C@]2(C)CCOC2)c1O. The Morgan fingerprint density at radius 3 is 2.74 bits per heavy atom. The molecule has 1 aromatic rings. The highest BCUT2D eigenvalue weighted by atomic mass is 35.5. The summed E-state index contributed by atoms with van der Waals surface area (Å²) in [5, 5.41) is 15.8. The molecule has 7 nitrogen and oxygen atoms in total. The molecule has 9 heteroatoms. The van der Waals surface area contributed by atoms with Crippen LogP contribution in [0.1, 0.15) is 33.1 Å². The number of phenols is 1. The molecule has 148 valence electrons. The number of allylic oxidation sites excluding steroid dienone is 1. The summed E-state index contributed by atoms with van der Waals surface area (Å²) in [6.07, 6.45) is 4.06. The minimum absolute atomic E-state index is 0.0161. The van der Waals surface area contributed by atoms with E-state index in [1.165, 1.54) is 12.1 Å². The third-order valence-corrected chi connectivity index (χ3v) is 8.21. The Kier molecular flexibility index (Phi) is 5.42. The number of sulfone groups is 1. The van der Waals surface area contributed by atoms with Crippen LogP contribution in [0, 0.1) is 0 Å². The summed E-state index contributed by atoms with van der Waals surface area (Å²) in [6, 6.07) is 2.13. The van der Waals surface area contributed by atoms with Crippen LogP contribution >= 0.6 is 11.6 Å². The summed E-state index contributed by atoms with van der Waals surface area (Å²) < 4.78 is 30.3. The van der Waals surface area contributed by atoms with Crippen molar-refractivity contribution in [3.8, 4) is 5.75 Å². The molecule has 0 radical (unpaired) electrons. The standard InChI is InChI=1S/C18H23ClN2O5S/c1-11-4-3-5-13(11)20-17(23)21-14-7-6-12(19)16(15(14)22)27(24,25)18(2)8-9-26-10-18/h4,6-7,13,22H,3,5,8-10H2,1-2H3,(H2,20,21,23)/t13-,18-/m1/s1. The first-order valence-corrected chi connectivity index (χ1v) is 10.6. The predicted octanol–water partition coefficient (Wildman–Crippen LogP) is 3.23. The first-order valence-electron chi connectivity index (χ1n) is 8.74. The van der Waals surface area contributed by atoms with E-state index < -0.39 is 26.4 Å². The average Bonchev–Trinajstić information content (AvgIpc) is 3.20. The zero-order valence-corrected chi connectivity index (χ0v) is 16.8. The van der Waals surface area contributed by atoms with Crippen LogP contribution in [-0.2, 0) is 14.6 Å². The van der Waals surface area contributed by atoms with Crippen molar-refractivity contribution in [3.05, 3.63) is 28.8 Å². The Balaban J connectivity index is 1.87. The van der Waals surface area contributed by atoms with Crippen LogP contribution in [0.25, 0.3) is 0 Å². The van der Waals surface area contributed by atoms with E-state index in [-0.39, 0.29) is 28.3 Å². The number of carbonyl (C=O) groups excluding carboxylic acids is 1. The first-order chi connectivity index (χ1) is 12.7. The lowest BCUT2D eigenvalue weighted by Gasteiger charge is -2.24. The Labute approximate surface area is 163 Å². The molecule has 2 atom stereocenters. The number of amides is 2.